The van der Waals surface area contributed by atoms with Crippen LogP contribution in [0.25, 0.3) is 5.52 Å². The number of fused-ring (bicyclic) bond motifs is 2. The molecule has 1 atom stereocenters. The predicted octanol–water partition coefficient (Wildman–Crippen LogP) is 1.34. The van der Waals surface area contributed by atoms with Crippen LogP contribution in [-0.2, 0) is 24.3 Å². The highest BCUT2D eigenvalue weighted by atomic mass is 16.5. The molecule has 1 unspecified atom stereocenters. The first-order valence-corrected chi connectivity index (χ1v) is 9.44. The van der Waals surface area contributed by atoms with Crippen molar-refractivity contribution in [1.82, 2.24) is 24.4 Å². The van der Waals surface area contributed by atoms with E-state index in [4.69, 9.17) is 4.74 Å². The van der Waals surface area contributed by atoms with E-state index >= 15 is 0 Å². The van der Waals surface area contributed by atoms with Gasteiger partial charge in [0.05, 0.1) is 37.2 Å². The summed E-state index contributed by atoms with van der Waals surface area (Å²) in [4.78, 5) is 19.5. The summed E-state index contributed by atoms with van der Waals surface area (Å²) < 4.78 is 8.92. The zero-order valence-corrected chi connectivity index (χ0v) is 15.3. The van der Waals surface area contributed by atoms with Crippen LogP contribution >= 0.6 is 0 Å². The number of aromatic nitrogens is 5. The SMILES string of the molecule is Cc1cc2c(N3CCCC3Cn3nc4c(cc3=O)COCC4)nccn2n1. The summed E-state index contributed by atoms with van der Waals surface area (Å²) in [7, 11) is 0. The molecule has 5 rings (SSSR count). The molecule has 0 radical (unpaired) electrons. The summed E-state index contributed by atoms with van der Waals surface area (Å²) in [5.41, 5.74) is 3.82. The molecule has 140 valence electrons. The van der Waals surface area contributed by atoms with E-state index < -0.39 is 0 Å². The molecule has 1 fully saturated rings. The van der Waals surface area contributed by atoms with Crippen LogP contribution in [0, 0.1) is 6.92 Å². The second-order valence-electron chi connectivity index (χ2n) is 7.30. The fourth-order valence-corrected chi connectivity index (χ4v) is 4.14. The summed E-state index contributed by atoms with van der Waals surface area (Å²) in [6.45, 7) is 4.64. The Balaban J connectivity index is 1.47. The Morgan fingerprint density at radius 2 is 2.22 bits per heavy atom. The minimum Gasteiger partial charge on any atom is -0.376 e. The van der Waals surface area contributed by atoms with Gasteiger partial charge >= 0.3 is 0 Å². The Labute approximate surface area is 156 Å². The van der Waals surface area contributed by atoms with Gasteiger partial charge in [0.15, 0.2) is 5.82 Å². The molecular formula is C19H22N6O2. The lowest BCUT2D eigenvalue weighted by Crippen LogP contribution is -2.38. The van der Waals surface area contributed by atoms with E-state index in [-0.39, 0.29) is 11.6 Å². The van der Waals surface area contributed by atoms with Crippen molar-refractivity contribution in [1.29, 1.82) is 0 Å². The van der Waals surface area contributed by atoms with E-state index in [9.17, 15) is 4.79 Å². The molecular weight excluding hydrogens is 344 g/mol. The van der Waals surface area contributed by atoms with Crippen molar-refractivity contribution < 1.29 is 4.74 Å². The average molecular weight is 366 g/mol. The van der Waals surface area contributed by atoms with E-state index in [0.717, 1.165) is 54.1 Å². The molecule has 2 aliphatic heterocycles. The fourth-order valence-electron chi connectivity index (χ4n) is 4.14. The quantitative estimate of drug-likeness (QED) is 0.696. The molecule has 0 aromatic carbocycles. The molecule has 27 heavy (non-hydrogen) atoms. The van der Waals surface area contributed by atoms with Gasteiger partial charge in [0.25, 0.3) is 5.56 Å². The molecule has 8 heteroatoms. The van der Waals surface area contributed by atoms with Gasteiger partial charge in [-0.05, 0) is 25.8 Å². The lowest BCUT2D eigenvalue weighted by Gasteiger charge is -2.27. The zero-order chi connectivity index (χ0) is 18.4. The first kappa shape index (κ1) is 16.4. The molecule has 8 nitrogen and oxygen atoms in total. The van der Waals surface area contributed by atoms with Crippen molar-refractivity contribution in [2.45, 2.75) is 45.4 Å². The van der Waals surface area contributed by atoms with E-state index in [0.29, 0.717) is 19.8 Å². The number of hydrogen-bond acceptors (Lipinski definition) is 6. The summed E-state index contributed by atoms with van der Waals surface area (Å²) in [6, 6.07) is 3.93. The van der Waals surface area contributed by atoms with Crippen LogP contribution in [0.2, 0.25) is 0 Å². The van der Waals surface area contributed by atoms with Gasteiger partial charge < -0.3 is 9.64 Å². The number of anilines is 1. The van der Waals surface area contributed by atoms with Crippen molar-refractivity contribution in [3.05, 3.63) is 51.8 Å². The van der Waals surface area contributed by atoms with Crippen molar-refractivity contribution >= 4 is 11.3 Å². The molecule has 1 saturated heterocycles. The third-order valence-electron chi connectivity index (χ3n) is 5.43. The highest BCUT2D eigenvalue weighted by Crippen LogP contribution is 2.28. The molecule has 0 aliphatic carbocycles. The average Bonchev–Trinajstić information content (AvgIpc) is 3.27. The topological polar surface area (TPSA) is 77.5 Å². The van der Waals surface area contributed by atoms with E-state index in [1.54, 1.807) is 16.9 Å². The van der Waals surface area contributed by atoms with Crippen LogP contribution in [-0.4, -0.2) is 43.6 Å². The van der Waals surface area contributed by atoms with Gasteiger partial charge in [-0.15, -0.1) is 0 Å². The van der Waals surface area contributed by atoms with E-state index in [2.05, 4.69) is 26.1 Å². The smallest absolute Gasteiger partial charge is 0.267 e. The van der Waals surface area contributed by atoms with Gasteiger partial charge in [0.2, 0.25) is 0 Å². The molecule has 0 N–H and O–H groups in total. The lowest BCUT2D eigenvalue weighted by molar-refractivity contribution is 0.108. The van der Waals surface area contributed by atoms with Crippen molar-refractivity contribution in [3.63, 3.8) is 0 Å². The number of ether oxygens (including phenoxy) is 1. The highest BCUT2D eigenvalue weighted by Gasteiger charge is 2.29. The van der Waals surface area contributed by atoms with Crippen LogP contribution in [0.4, 0.5) is 5.82 Å². The van der Waals surface area contributed by atoms with Crippen molar-refractivity contribution in [2.75, 3.05) is 18.1 Å². The van der Waals surface area contributed by atoms with Gasteiger partial charge in [-0.25, -0.2) is 14.2 Å². The van der Waals surface area contributed by atoms with E-state index in [1.807, 2.05) is 17.6 Å². The molecule has 0 bridgehead atoms. The van der Waals surface area contributed by atoms with Crippen LogP contribution in [0.15, 0.2) is 29.3 Å². The lowest BCUT2D eigenvalue weighted by atomic mass is 10.1. The number of hydrogen-bond donors (Lipinski definition) is 0. The Kier molecular flexibility index (Phi) is 3.93. The van der Waals surface area contributed by atoms with Gasteiger partial charge in [0.1, 0.15) is 5.52 Å². The standard InChI is InChI=1S/C19H22N6O2/c1-13-9-17-19(20-5-7-24(17)21-13)23-6-2-3-15(23)11-25-18(26)10-14-12-27-8-4-16(14)22-25/h5,7,9-10,15H,2-4,6,8,11-12H2,1H3. The monoisotopic (exact) mass is 366 g/mol. The van der Waals surface area contributed by atoms with Gasteiger partial charge in [0, 0.05) is 37.0 Å². The van der Waals surface area contributed by atoms with Crippen molar-refractivity contribution in [2.24, 2.45) is 0 Å². The van der Waals surface area contributed by atoms with Crippen LogP contribution < -0.4 is 10.5 Å². The summed E-state index contributed by atoms with van der Waals surface area (Å²) >= 11 is 0. The van der Waals surface area contributed by atoms with E-state index in [1.165, 1.54) is 0 Å². The maximum absolute atomic E-state index is 12.5. The Morgan fingerprint density at radius 1 is 1.30 bits per heavy atom. The molecule has 0 amide bonds. The number of nitrogens with zero attached hydrogens (tertiary/aromatic N) is 6. The Morgan fingerprint density at radius 3 is 3.15 bits per heavy atom. The third kappa shape index (κ3) is 2.90. The fraction of sp³-hybridized carbons (Fsp3) is 0.474. The third-order valence-corrected chi connectivity index (χ3v) is 5.43. The van der Waals surface area contributed by atoms with Crippen LogP contribution in [0.3, 0.4) is 0 Å². The second kappa shape index (κ2) is 6.45. The molecule has 5 heterocycles. The Bertz CT molecular complexity index is 1060. The maximum atomic E-state index is 12.5. The normalized spacial score (nSPS) is 19.6. The number of rotatable bonds is 3. The summed E-state index contributed by atoms with van der Waals surface area (Å²) in [6.07, 6.45) is 6.51. The maximum Gasteiger partial charge on any atom is 0.267 e. The summed E-state index contributed by atoms with van der Waals surface area (Å²) in [5.74, 6) is 0.931. The molecule has 0 spiro atoms. The highest BCUT2D eigenvalue weighted by molar-refractivity contribution is 5.69. The minimum atomic E-state index is -0.0579. The molecule has 3 aromatic heterocycles. The first-order valence-electron chi connectivity index (χ1n) is 9.44. The van der Waals surface area contributed by atoms with Crippen molar-refractivity contribution in [3.8, 4) is 0 Å². The zero-order valence-electron chi connectivity index (χ0n) is 15.3. The summed E-state index contributed by atoms with van der Waals surface area (Å²) in [5, 5.41) is 9.12. The molecule has 2 aliphatic rings. The second-order valence-corrected chi connectivity index (χ2v) is 7.30. The van der Waals surface area contributed by atoms with Gasteiger partial charge in [-0.2, -0.15) is 10.2 Å². The molecule has 3 aromatic rings. The Hall–Kier alpha value is -2.74. The number of aryl methyl sites for hydroxylation is 1. The first-order chi connectivity index (χ1) is 13.2. The molecule has 0 saturated carbocycles. The largest absolute Gasteiger partial charge is 0.376 e. The van der Waals surface area contributed by atoms with Crippen LogP contribution in [0.5, 0.6) is 0 Å². The minimum absolute atomic E-state index is 0.0579. The van der Waals surface area contributed by atoms with Crippen LogP contribution in [0.1, 0.15) is 29.8 Å². The van der Waals surface area contributed by atoms with Gasteiger partial charge in [-0.3, -0.25) is 4.79 Å². The predicted molar refractivity (Wildman–Crippen MR) is 99.9 cm³/mol. The van der Waals surface area contributed by atoms with Gasteiger partial charge in [-0.1, -0.05) is 0 Å².